The van der Waals surface area contributed by atoms with Crippen molar-refractivity contribution >= 4 is 15.9 Å². The maximum Gasteiger partial charge on any atom is 0.0326 e. The molecule has 86 valence electrons. The first-order chi connectivity index (χ1) is 7.69. The topological polar surface area (TPSA) is 3.24 Å². The average molecular weight is 280 g/mol. The van der Waals surface area contributed by atoms with Crippen LogP contribution in [0, 0.1) is 0 Å². The maximum absolute atomic E-state index is 3.79. The van der Waals surface area contributed by atoms with E-state index in [2.05, 4.69) is 65.2 Å². The molecule has 2 heteroatoms. The van der Waals surface area contributed by atoms with Crippen LogP contribution in [-0.2, 0) is 0 Å². The second kappa shape index (κ2) is 6.66. The summed E-state index contributed by atoms with van der Waals surface area (Å²) in [6.45, 7) is 11.5. The quantitative estimate of drug-likeness (QED) is 0.706. The van der Waals surface area contributed by atoms with E-state index in [9.17, 15) is 0 Å². The Morgan fingerprint density at radius 3 is 2.12 bits per heavy atom. The van der Waals surface area contributed by atoms with E-state index in [1.54, 1.807) is 0 Å². The zero-order valence-corrected chi connectivity index (χ0v) is 11.3. The maximum atomic E-state index is 3.79. The Kier molecular flexibility index (Phi) is 5.50. The monoisotopic (exact) mass is 279 g/mol. The Hall–Kier alpha value is -0.860. The molecule has 16 heavy (non-hydrogen) atoms. The van der Waals surface area contributed by atoms with E-state index in [0.29, 0.717) is 6.04 Å². The van der Waals surface area contributed by atoms with E-state index in [-0.39, 0.29) is 0 Å². The zero-order chi connectivity index (χ0) is 12.0. The predicted molar refractivity (Wildman–Crippen MR) is 74.5 cm³/mol. The van der Waals surface area contributed by atoms with Crippen molar-refractivity contribution in [3.63, 3.8) is 0 Å². The zero-order valence-electron chi connectivity index (χ0n) is 9.70. The third kappa shape index (κ3) is 3.62. The smallest absolute Gasteiger partial charge is 0.0326 e. The molecule has 1 nitrogen and oxygen atoms in total. The van der Waals surface area contributed by atoms with Crippen LogP contribution in [0.2, 0.25) is 0 Å². The van der Waals surface area contributed by atoms with Gasteiger partial charge in [0.25, 0.3) is 0 Å². The summed E-state index contributed by atoms with van der Waals surface area (Å²) in [6, 6.07) is 8.82. The van der Waals surface area contributed by atoms with Crippen molar-refractivity contribution in [3.05, 3.63) is 59.6 Å². The number of rotatable bonds is 6. The molecule has 0 unspecified atom stereocenters. The van der Waals surface area contributed by atoms with Gasteiger partial charge in [0.2, 0.25) is 0 Å². The van der Waals surface area contributed by atoms with Crippen molar-refractivity contribution in [3.8, 4) is 0 Å². The highest BCUT2D eigenvalue weighted by Gasteiger charge is 2.12. The summed E-state index contributed by atoms with van der Waals surface area (Å²) in [7, 11) is 0. The fourth-order valence-corrected chi connectivity index (χ4v) is 1.94. The molecule has 0 aliphatic rings. The van der Waals surface area contributed by atoms with Gasteiger partial charge in [0.05, 0.1) is 0 Å². The summed E-state index contributed by atoms with van der Waals surface area (Å²) in [5, 5.41) is 0. The Morgan fingerprint density at radius 1 is 1.19 bits per heavy atom. The molecule has 0 aliphatic carbocycles. The van der Waals surface area contributed by atoms with Gasteiger partial charge in [-0.05, 0) is 24.6 Å². The summed E-state index contributed by atoms with van der Waals surface area (Å²) >= 11 is 3.45. The standard InChI is InChI=1S/C14H18BrN/c1-4-10-16(11-5-2)12(3)13-6-8-14(15)9-7-13/h4-9,12H,1-2,10-11H2,3H3/t12-/m0/s1. The van der Waals surface area contributed by atoms with Crippen molar-refractivity contribution in [1.82, 2.24) is 4.90 Å². The molecule has 0 N–H and O–H groups in total. The minimum atomic E-state index is 0.379. The fraction of sp³-hybridized carbons (Fsp3) is 0.286. The number of nitrogens with zero attached hydrogens (tertiary/aromatic N) is 1. The highest BCUT2D eigenvalue weighted by molar-refractivity contribution is 9.10. The van der Waals surface area contributed by atoms with E-state index in [1.807, 2.05) is 12.2 Å². The number of benzene rings is 1. The van der Waals surface area contributed by atoms with Gasteiger partial charge in [-0.25, -0.2) is 0 Å². The third-order valence-electron chi connectivity index (χ3n) is 2.63. The van der Waals surface area contributed by atoms with Crippen LogP contribution in [0.1, 0.15) is 18.5 Å². The molecule has 1 aromatic rings. The molecule has 1 rings (SSSR count). The van der Waals surface area contributed by atoms with Gasteiger partial charge >= 0.3 is 0 Å². The first-order valence-electron chi connectivity index (χ1n) is 5.40. The Labute approximate surface area is 107 Å². The normalized spacial score (nSPS) is 12.4. The van der Waals surface area contributed by atoms with E-state index >= 15 is 0 Å². The van der Waals surface area contributed by atoms with Crippen molar-refractivity contribution in [1.29, 1.82) is 0 Å². The van der Waals surface area contributed by atoms with Crippen LogP contribution in [-0.4, -0.2) is 18.0 Å². The molecule has 0 amide bonds. The summed E-state index contributed by atoms with van der Waals surface area (Å²) in [5.74, 6) is 0. The molecule has 0 saturated carbocycles. The molecule has 1 aromatic carbocycles. The molecule has 0 bridgehead atoms. The van der Waals surface area contributed by atoms with Crippen molar-refractivity contribution in [2.24, 2.45) is 0 Å². The lowest BCUT2D eigenvalue weighted by Crippen LogP contribution is -2.27. The van der Waals surface area contributed by atoms with Gasteiger partial charge in [-0.1, -0.05) is 40.2 Å². The Morgan fingerprint density at radius 2 is 1.69 bits per heavy atom. The number of halogens is 1. The highest BCUT2D eigenvalue weighted by Crippen LogP contribution is 2.21. The van der Waals surface area contributed by atoms with Gasteiger partial charge < -0.3 is 0 Å². The third-order valence-corrected chi connectivity index (χ3v) is 3.16. The lowest BCUT2D eigenvalue weighted by Gasteiger charge is -2.27. The first-order valence-corrected chi connectivity index (χ1v) is 6.19. The summed E-state index contributed by atoms with van der Waals surface area (Å²) < 4.78 is 1.11. The molecule has 0 aliphatic heterocycles. The van der Waals surface area contributed by atoms with Crippen molar-refractivity contribution in [2.75, 3.05) is 13.1 Å². The van der Waals surface area contributed by atoms with Crippen LogP contribution in [0.5, 0.6) is 0 Å². The molecule has 0 aromatic heterocycles. The SMILES string of the molecule is C=CCN(CC=C)[C@@H](C)c1ccc(Br)cc1. The van der Waals surface area contributed by atoms with E-state index < -0.39 is 0 Å². The summed E-state index contributed by atoms with van der Waals surface area (Å²) in [6.07, 6.45) is 3.86. The van der Waals surface area contributed by atoms with Crippen LogP contribution in [0.3, 0.4) is 0 Å². The van der Waals surface area contributed by atoms with Gasteiger partial charge in [-0.2, -0.15) is 0 Å². The molecule has 1 atom stereocenters. The van der Waals surface area contributed by atoms with E-state index in [4.69, 9.17) is 0 Å². The van der Waals surface area contributed by atoms with Gasteiger partial charge in [0.1, 0.15) is 0 Å². The first kappa shape index (κ1) is 13.2. The molecule has 0 fully saturated rings. The lowest BCUT2D eigenvalue weighted by atomic mass is 10.1. The fourth-order valence-electron chi connectivity index (χ4n) is 1.67. The highest BCUT2D eigenvalue weighted by atomic mass is 79.9. The lowest BCUT2D eigenvalue weighted by molar-refractivity contribution is 0.260. The second-order valence-corrected chi connectivity index (χ2v) is 4.67. The molecule has 0 saturated heterocycles. The van der Waals surface area contributed by atoms with Gasteiger partial charge in [-0.15, -0.1) is 13.2 Å². The Bertz CT molecular complexity index is 332. The molecular formula is C14H18BrN. The van der Waals surface area contributed by atoms with Crippen LogP contribution < -0.4 is 0 Å². The number of hydrogen-bond acceptors (Lipinski definition) is 1. The van der Waals surface area contributed by atoms with Crippen LogP contribution in [0.25, 0.3) is 0 Å². The van der Waals surface area contributed by atoms with Crippen LogP contribution in [0.4, 0.5) is 0 Å². The summed E-state index contributed by atoms with van der Waals surface area (Å²) in [4.78, 5) is 2.32. The van der Waals surface area contributed by atoms with Crippen LogP contribution in [0.15, 0.2) is 54.0 Å². The van der Waals surface area contributed by atoms with Crippen molar-refractivity contribution in [2.45, 2.75) is 13.0 Å². The molecular weight excluding hydrogens is 262 g/mol. The second-order valence-electron chi connectivity index (χ2n) is 3.76. The number of hydrogen-bond donors (Lipinski definition) is 0. The molecule has 0 radical (unpaired) electrons. The predicted octanol–water partition coefficient (Wildman–Crippen LogP) is 4.18. The minimum Gasteiger partial charge on any atom is -0.289 e. The van der Waals surface area contributed by atoms with Crippen LogP contribution >= 0.6 is 15.9 Å². The summed E-state index contributed by atoms with van der Waals surface area (Å²) in [5.41, 5.74) is 1.31. The van der Waals surface area contributed by atoms with Gasteiger partial charge in [0, 0.05) is 23.6 Å². The largest absolute Gasteiger partial charge is 0.289 e. The average Bonchev–Trinajstić information content (AvgIpc) is 2.29. The van der Waals surface area contributed by atoms with Gasteiger partial charge in [-0.3, -0.25) is 4.90 Å². The van der Waals surface area contributed by atoms with Crippen molar-refractivity contribution < 1.29 is 0 Å². The minimum absolute atomic E-state index is 0.379. The van der Waals surface area contributed by atoms with Gasteiger partial charge in [0.15, 0.2) is 0 Å². The van der Waals surface area contributed by atoms with E-state index in [0.717, 1.165) is 17.6 Å². The molecule has 0 spiro atoms. The molecule has 0 heterocycles. The van der Waals surface area contributed by atoms with E-state index in [1.165, 1.54) is 5.56 Å². The Balaban J connectivity index is 2.79.